The summed E-state index contributed by atoms with van der Waals surface area (Å²) in [7, 11) is 2.18. The summed E-state index contributed by atoms with van der Waals surface area (Å²) in [6.45, 7) is 3.32. The summed E-state index contributed by atoms with van der Waals surface area (Å²) in [5.41, 5.74) is 9.39. The summed E-state index contributed by atoms with van der Waals surface area (Å²) >= 11 is 0. The predicted octanol–water partition coefficient (Wildman–Crippen LogP) is 3.89. The molecule has 0 fully saturated rings. The van der Waals surface area contributed by atoms with Gasteiger partial charge in [-0.25, -0.2) is 0 Å². The molecule has 0 aliphatic carbocycles. The zero-order chi connectivity index (χ0) is 14.4. The maximum Gasteiger partial charge on any atom is 0.0317 e. The second-order valence-corrected chi connectivity index (χ2v) is 5.42. The topological polar surface area (TPSA) is 29.3 Å². The third kappa shape index (κ3) is 4.10. The fourth-order valence-electron chi connectivity index (χ4n) is 2.44. The second-order valence-electron chi connectivity index (χ2n) is 5.42. The Bertz CT molecular complexity index is 522. The summed E-state index contributed by atoms with van der Waals surface area (Å²) in [4.78, 5) is 2.39. The lowest BCUT2D eigenvalue weighted by Gasteiger charge is -2.25. The molecule has 0 amide bonds. The van der Waals surface area contributed by atoms with E-state index < -0.39 is 0 Å². The molecule has 1 unspecified atom stereocenters. The fraction of sp³-hybridized carbons (Fsp3) is 0.333. The van der Waals surface area contributed by atoms with E-state index in [0.29, 0.717) is 6.04 Å². The molecule has 0 spiro atoms. The van der Waals surface area contributed by atoms with Gasteiger partial charge in [-0.3, -0.25) is 4.90 Å². The van der Waals surface area contributed by atoms with E-state index >= 15 is 0 Å². The van der Waals surface area contributed by atoms with E-state index in [1.54, 1.807) is 0 Å². The normalized spacial score (nSPS) is 12.6. The van der Waals surface area contributed by atoms with E-state index in [1.165, 1.54) is 17.5 Å². The standard InChI is InChI=1S/C18H24N2/c1-15(17-11-6-12-18(19)14-17)20(2)13-7-10-16-8-4-3-5-9-16/h3-6,8-9,11-12,14-15H,7,10,13,19H2,1-2H3. The molecule has 0 aliphatic rings. The van der Waals surface area contributed by atoms with Gasteiger partial charge in [-0.05, 0) is 56.6 Å². The first-order valence-corrected chi connectivity index (χ1v) is 7.26. The Morgan fingerprint density at radius 2 is 1.80 bits per heavy atom. The number of nitrogens with two attached hydrogens (primary N) is 1. The summed E-state index contributed by atoms with van der Waals surface area (Å²) in [6.07, 6.45) is 2.31. The number of nitrogen functional groups attached to an aromatic ring is 1. The number of rotatable bonds is 6. The van der Waals surface area contributed by atoms with Crippen molar-refractivity contribution in [3.05, 3.63) is 65.7 Å². The second kappa shape index (κ2) is 7.11. The molecule has 0 saturated carbocycles. The van der Waals surface area contributed by atoms with Crippen molar-refractivity contribution in [1.29, 1.82) is 0 Å². The highest BCUT2D eigenvalue weighted by atomic mass is 15.1. The Hall–Kier alpha value is -1.80. The number of aryl methyl sites for hydroxylation is 1. The number of hydrogen-bond donors (Lipinski definition) is 1. The molecule has 20 heavy (non-hydrogen) atoms. The highest BCUT2D eigenvalue weighted by molar-refractivity contribution is 5.41. The zero-order valence-corrected chi connectivity index (χ0v) is 12.4. The van der Waals surface area contributed by atoms with Crippen molar-refractivity contribution in [2.24, 2.45) is 0 Å². The van der Waals surface area contributed by atoms with Crippen molar-refractivity contribution in [3.63, 3.8) is 0 Å². The number of nitrogens with zero attached hydrogens (tertiary/aromatic N) is 1. The van der Waals surface area contributed by atoms with Gasteiger partial charge in [0.25, 0.3) is 0 Å². The maximum atomic E-state index is 5.85. The molecule has 2 N–H and O–H groups in total. The Balaban J connectivity index is 1.84. The Morgan fingerprint density at radius 1 is 1.05 bits per heavy atom. The van der Waals surface area contributed by atoms with Crippen molar-refractivity contribution < 1.29 is 0 Å². The summed E-state index contributed by atoms with van der Waals surface area (Å²) in [6, 6.07) is 19.2. The molecule has 0 aromatic heterocycles. The van der Waals surface area contributed by atoms with Crippen LogP contribution in [-0.4, -0.2) is 18.5 Å². The first kappa shape index (κ1) is 14.6. The summed E-state index contributed by atoms with van der Waals surface area (Å²) in [5, 5.41) is 0. The molecular weight excluding hydrogens is 244 g/mol. The molecule has 0 radical (unpaired) electrons. The lowest BCUT2D eigenvalue weighted by Crippen LogP contribution is -2.24. The van der Waals surface area contributed by atoms with Gasteiger partial charge in [-0.15, -0.1) is 0 Å². The third-order valence-corrected chi connectivity index (χ3v) is 3.87. The van der Waals surface area contributed by atoms with Crippen LogP contribution >= 0.6 is 0 Å². The van der Waals surface area contributed by atoms with Crippen LogP contribution in [-0.2, 0) is 6.42 Å². The van der Waals surface area contributed by atoms with Crippen molar-refractivity contribution in [2.45, 2.75) is 25.8 Å². The molecule has 0 bridgehead atoms. The molecule has 1 atom stereocenters. The number of hydrogen-bond acceptors (Lipinski definition) is 2. The minimum absolute atomic E-state index is 0.397. The van der Waals surface area contributed by atoms with Gasteiger partial charge in [-0.2, -0.15) is 0 Å². The van der Waals surface area contributed by atoms with Crippen LogP contribution < -0.4 is 5.73 Å². The van der Waals surface area contributed by atoms with Crippen molar-refractivity contribution in [2.75, 3.05) is 19.3 Å². The van der Waals surface area contributed by atoms with Crippen LogP contribution in [0.2, 0.25) is 0 Å². The molecule has 2 heteroatoms. The van der Waals surface area contributed by atoms with E-state index in [-0.39, 0.29) is 0 Å². The van der Waals surface area contributed by atoms with Crippen molar-refractivity contribution in [1.82, 2.24) is 4.90 Å². The smallest absolute Gasteiger partial charge is 0.0317 e. The molecule has 0 heterocycles. The summed E-state index contributed by atoms with van der Waals surface area (Å²) in [5.74, 6) is 0. The SMILES string of the molecule is CC(c1cccc(N)c1)N(C)CCCc1ccccc1. The van der Waals surface area contributed by atoms with Gasteiger partial charge in [0.1, 0.15) is 0 Å². The average molecular weight is 268 g/mol. The molecule has 2 rings (SSSR count). The zero-order valence-electron chi connectivity index (χ0n) is 12.4. The number of benzene rings is 2. The molecule has 2 nitrogen and oxygen atoms in total. The van der Waals surface area contributed by atoms with Crippen LogP contribution in [0.1, 0.15) is 30.5 Å². The quantitative estimate of drug-likeness (QED) is 0.805. The van der Waals surface area contributed by atoms with Gasteiger partial charge < -0.3 is 5.73 Å². The largest absolute Gasteiger partial charge is 0.399 e. The van der Waals surface area contributed by atoms with Gasteiger partial charge >= 0.3 is 0 Å². The van der Waals surface area contributed by atoms with Gasteiger partial charge in [0, 0.05) is 11.7 Å². The molecule has 2 aromatic rings. The average Bonchev–Trinajstić information content (AvgIpc) is 2.47. The van der Waals surface area contributed by atoms with E-state index in [9.17, 15) is 0 Å². The van der Waals surface area contributed by atoms with E-state index in [1.807, 2.05) is 12.1 Å². The molecule has 106 valence electrons. The lowest BCUT2D eigenvalue weighted by atomic mass is 10.1. The Morgan fingerprint density at radius 3 is 2.50 bits per heavy atom. The lowest BCUT2D eigenvalue weighted by molar-refractivity contribution is 0.258. The molecule has 2 aromatic carbocycles. The van der Waals surface area contributed by atoms with E-state index in [0.717, 1.165) is 18.7 Å². The van der Waals surface area contributed by atoms with E-state index in [2.05, 4.69) is 61.3 Å². The third-order valence-electron chi connectivity index (χ3n) is 3.87. The first-order valence-electron chi connectivity index (χ1n) is 7.26. The summed E-state index contributed by atoms with van der Waals surface area (Å²) < 4.78 is 0. The van der Waals surface area contributed by atoms with Gasteiger partial charge in [0.2, 0.25) is 0 Å². The predicted molar refractivity (Wildman–Crippen MR) is 86.7 cm³/mol. The maximum absolute atomic E-state index is 5.85. The van der Waals surface area contributed by atoms with Crippen molar-refractivity contribution in [3.8, 4) is 0 Å². The fourth-order valence-corrected chi connectivity index (χ4v) is 2.44. The minimum atomic E-state index is 0.397. The highest BCUT2D eigenvalue weighted by Gasteiger charge is 2.11. The van der Waals surface area contributed by atoms with E-state index in [4.69, 9.17) is 5.73 Å². The monoisotopic (exact) mass is 268 g/mol. The van der Waals surface area contributed by atoms with Gasteiger partial charge in [0.15, 0.2) is 0 Å². The first-order chi connectivity index (χ1) is 9.66. The Labute approximate surface area is 122 Å². The van der Waals surface area contributed by atoms with Crippen LogP contribution in [0.5, 0.6) is 0 Å². The highest BCUT2D eigenvalue weighted by Crippen LogP contribution is 2.20. The van der Waals surface area contributed by atoms with Crippen LogP contribution in [0, 0.1) is 0 Å². The van der Waals surface area contributed by atoms with Crippen LogP contribution in [0.3, 0.4) is 0 Å². The molecular formula is C18H24N2. The molecule has 0 saturated heterocycles. The van der Waals surface area contributed by atoms with Crippen LogP contribution in [0.4, 0.5) is 5.69 Å². The number of anilines is 1. The van der Waals surface area contributed by atoms with Crippen LogP contribution in [0.25, 0.3) is 0 Å². The Kier molecular flexibility index (Phi) is 5.19. The van der Waals surface area contributed by atoms with Gasteiger partial charge in [-0.1, -0.05) is 42.5 Å². The molecule has 0 aliphatic heterocycles. The van der Waals surface area contributed by atoms with Crippen molar-refractivity contribution >= 4 is 5.69 Å². The minimum Gasteiger partial charge on any atom is -0.399 e. The van der Waals surface area contributed by atoms with Gasteiger partial charge in [0.05, 0.1) is 0 Å². The van der Waals surface area contributed by atoms with Crippen LogP contribution in [0.15, 0.2) is 54.6 Å².